The molecule has 6 rings (SSSR count). The van der Waals surface area contributed by atoms with Gasteiger partial charge in [-0.2, -0.15) is 0 Å². The van der Waals surface area contributed by atoms with Crippen molar-refractivity contribution >= 4 is 92.7 Å². The molecule has 0 saturated carbocycles. The number of carbonyl (C=O) groups excluding carboxylic acids is 4. The summed E-state index contributed by atoms with van der Waals surface area (Å²) in [6.45, 7) is 5.92. The number of aromatic hydroxyl groups is 4. The number of nitrogens with zero attached hydrogens (tertiary/aromatic N) is 5. The number of thioether (sulfide) groups is 1. The van der Waals surface area contributed by atoms with E-state index in [4.69, 9.17) is 33.8 Å². The quantitative estimate of drug-likeness (QED) is 0.0221. The molecule has 1 aromatic heterocycles. The van der Waals surface area contributed by atoms with Crippen molar-refractivity contribution in [1.29, 1.82) is 0 Å². The fourth-order valence-corrected chi connectivity index (χ4v) is 10.2. The van der Waals surface area contributed by atoms with E-state index >= 15 is 0 Å². The Morgan fingerprint density at radius 3 is 2.24 bits per heavy atom. The van der Waals surface area contributed by atoms with E-state index < -0.39 is 81.3 Å². The van der Waals surface area contributed by atoms with Gasteiger partial charge >= 0.3 is 11.9 Å². The molecular weight excluding hydrogens is 948 g/mol. The molecule has 4 amide bonds. The number of anilines is 1. The number of fused-ring (bicyclic) bond motifs is 1. The maximum atomic E-state index is 14.2. The third kappa shape index (κ3) is 10.0. The highest BCUT2D eigenvalue weighted by molar-refractivity contribution is 8.00. The number of quaternary nitrogens is 1. The van der Waals surface area contributed by atoms with Crippen molar-refractivity contribution in [3.63, 3.8) is 0 Å². The maximum Gasteiger partial charge on any atom is 0.352 e. The van der Waals surface area contributed by atoms with Crippen molar-refractivity contribution < 1.29 is 68.7 Å². The van der Waals surface area contributed by atoms with E-state index in [1.807, 2.05) is 6.92 Å². The first kappa shape index (κ1) is 49.4. The molecule has 21 nitrogen and oxygen atoms in total. The number of thiazole rings is 1. The van der Waals surface area contributed by atoms with Crippen molar-refractivity contribution in [3.8, 4) is 23.0 Å². The first-order valence-corrected chi connectivity index (χ1v) is 23.0. The van der Waals surface area contributed by atoms with Gasteiger partial charge in [0, 0.05) is 42.6 Å². The minimum absolute atomic E-state index is 0.0341. The lowest BCUT2D eigenvalue weighted by molar-refractivity contribution is -0.933. The van der Waals surface area contributed by atoms with Crippen LogP contribution in [-0.2, 0) is 24.0 Å². The van der Waals surface area contributed by atoms with Crippen LogP contribution in [0, 0.1) is 0 Å². The molecule has 2 fully saturated rings. The summed E-state index contributed by atoms with van der Waals surface area (Å²) in [7, 11) is 0. The number of likely N-dealkylation sites (tertiary alicyclic amines) is 1. The molecule has 4 heterocycles. The number of nitrogens with two attached hydrogens (primary N) is 1. The Morgan fingerprint density at radius 2 is 1.65 bits per heavy atom. The summed E-state index contributed by atoms with van der Waals surface area (Å²) in [5.41, 5.74) is 3.50. The number of aromatic nitrogens is 1. The molecule has 66 heavy (non-hydrogen) atoms. The molecular formula is C41H47Cl2N8O13S2+. The Balaban J connectivity index is 1.21. The van der Waals surface area contributed by atoms with E-state index in [9.17, 15) is 59.4 Å². The van der Waals surface area contributed by atoms with Crippen LogP contribution in [0.2, 0.25) is 10.0 Å². The van der Waals surface area contributed by atoms with Crippen LogP contribution in [0.4, 0.5) is 5.13 Å². The number of benzene rings is 2. The van der Waals surface area contributed by atoms with Gasteiger partial charge in [-0.25, -0.2) is 14.6 Å². The highest BCUT2D eigenvalue weighted by Gasteiger charge is 2.55. The van der Waals surface area contributed by atoms with Crippen molar-refractivity contribution in [2.75, 3.05) is 50.8 Å². The average molecular weight is 995 g/mol. The Morgan fingerprint density at radius 1 is 1.03 bits per heavy atom. The SMILES string of the molecule is C[C@H](CN(CCCNC(=O)c1ccc(O)c(O)c1Cl)C(=O)c1ccc(O)c(O)c1Cl)[N+]1(CC2=C(C(=O)O)N3C(=O)[C@@H](NC(=O)/C(=N\OC(C)(C)C(=O)O)c4csc(N)n4)[C@H]3SC2)CCCC1. The minimum atomic E-state index is -1.84. The second-order valence-corrected chi connectivity index (χ2v) is 19.1. The molecule has 3 aliphatic rings. The summed E-state index contributed by atoms with van der Waals surface area (Å²) in [4.78, 5) is 91.1. The number of hydrogen-bond donors (Lipinski definition) is 9. The van der Waals surface area contributed by atoms with Gasteiger partial charge in [-0.3, -0.25) is 24.1 Å². The van der Waals surface area contributed by atoms with Gasteiger partial charge in [0.2, 0.25) is 5.60 Å². The number of amides is 4. The Bertz CT molecular complexity index is 2530. The van der Waals surface area contributed by atoms with E-state index in [1.54, 1.807) is 0 Å². The summed E-state index contributed by atoms with van der Waals surface area (Å²) in [6, 6.07) is 3.21. The molecule has 354 valence electrons. The number of hydrogen-bond acceptors (Lipinski definition) is 16. The largest absolute Gasteiger partial charge is 0.504 e. The highest BCUT2D eigenvalue weighted by atomic mass is 35.5. The first-order chi connectivity index (χ1) is 31.1. The third-order valence-corrected chi connectivity index (χ3v) is 14.4. The van der Waals surface area contributed by atoms with Crippen molar-refractivity contribution in [1.82, 2.24) is 25.4 Å². The standard InChI is InChI=1S/C41H46Cl2N8O13S2/c1-19(15-49(35(58)22-8-10-25(53)32(55)27(22)43)12-6-11-45-33(56)21-7-9-24(52)31(54)26(21)42)51(13-4-5-14-51)16-20-17-65-37-29(36(59)50(37)30(20)38(60)61)47-34(57)28(23-18-66-40(44)46-23)48-64-41(2,3)39(62)63/h7-10,18-19,29,37H,4-6,11-17H2,1-3H3,(H9-,44,45,46,47,48,52,53,54,55,56,57,58,60,61,62,63)/p+1/t19-,29-,37-/m1/s1. The smallest absolute Gasteiger partial charge is 0.352 e. The molecule has 10 N–H and O–H groups in total. The second-order valence-electron chi connectivity index (χ2n) is 16.4. The molecule has 0 aliphatic carbocycles. The number of carboxylic acid groups (broad SMARTS) is 2. The number of carboxylic acids is 2. The van der Waals surface area contributed by atoms with Crippen LogP contribution in [0.1, 0.15) is 66.4 Å². The van der Waals surface area contributed by atoms with Crippen LogP contribution in [0.25, 0.3) is 0 Å². The van der Waals surface area contributed by atoms with Gasteiger partial charge in [0.25, 0.3) is 23.6 Å². The highest BCUT2D eigenvalue weighted by Crippen LogP contribution is 2.43. The van der Waals surface area contributed by atoms with E-state index in [0.29, 0.717) is 23.1 Å². The summed E-state index contributed by atoms with van der Waals surface area (Å²) in [5.74, 6) is -7.81. The molecule has 25 heteroatoms. The second kappa shape index (κ2) is 19.8. The number of oxime groups is 1. The van der Waals surface area contributed by atoms with E-state index in [0.717, 1.165) is 41.2 Å². The van der Waals surface area contributed by atoms with E-state index in [-0.39, 0.29) is 82.1 Å². The third-order valence-electron chi connectivity index (χ3n) is 11.6. The number of rotatable bonds is 18. The average Bonchev–Trinajstić information content (AvgIpc) is 3.93. The number of phenolic OH excluding ortho intramolecular Hbond substituents is 4. The maximum absolute atomic E-state index is 14.2. The number of nitrogens with one attached hydrogen (secondary N) is 2. The van der Waals surface area contributed by atoms with Crippen LogP contribution in [0.3, 0.4) is 0 Å². The molecule has 3 aromatic rings. The Kier molecular flexibility index (Phi) is 14.9. The minimum Gasteiger partial charge on any atom is -0.504 e. The van der Waals surface area contributed by atoms with Gasteiger partial charge in [0.1, 0.15) is 35.4 Å². The number of phenols is 4. The summed E-state index contributed by atoms with van der Waals surface area (Å²) < 4.78 is 0.334. The summed E-state index contributed by atoms with van der Waals surface area (Å²) in [5, 5.41) is 69.2. The van der Waals surface area contributed by atoms with Crippen LogP contribution < -0.4 is 16.4 Å². The van der Waals surface area contributed by atoms with Gasteiger partial charge in [0.05, 0.1) is 40.8 Å². The number of nitrogen functional groups attached to an aromatic ring is 1. The lowest BCUT2D eigenvalue weighted by Crippen LogP contribution is -2.71. The van der Waals surface area contributed by atoms with Gasteiger partial charge in [0.15, 0.2) is 33.8 Å². The fourth-order valence-electron chi connectivity index (χ4n) is 7.87. The van der Waals surface area contributed by atoms with Crippen molar-refractivity contribution in [3.05, 3.63) is 67.8 Å². The predicted octanol–water partition coefficient (Wildman–Crippen LogP) is 3.14. The molecule has 0 spiro atoms. The zero-order valence-electron chi connectivity index (χ0n) is 35.6. The van der Waals surface area contributed by atoms with Gasteiger partial charge < -0.3 is 61.2 Å². The lowest BCUT2D eigenvalue weighted by atomic mass is 10.0. The summed E-state index contributed by atoms with van der Waals surface area (Å²) >= 11 is 14.6. The number of carbonyl (C=O) groups is 6. The van der Waals surface area contributed by atoms with Crippen LogP contribution >= 0.6 is 46.3 Å². The lowest BCUT2D eigenvalue weighted by Gasteiger charge is -2.50. The molecule has 0 unspecified atom stereocenters. The van der Waals surface area contributed by atoms with Crippen molar-refractivity contribution in [2.24, 2.45) is 5.16 Å². The van der Waals surface area contributed by atoms with Gasteiger partial charge in [-0.05, 0) is 51.5 Å². The Labute approximate surface area is 395 Å². The van der Waals surface area contributed by atoms with E-state index in [1.165, 1.54) is 48.0 Å². The van der Waals surface area contributed by atoms with Crippen LogP contribution in [0.5, 0.6) is 23.0 Å². The van der Waals surface area contributed by atoms with Crippen molar-refractivity contribution in [2.45, 2.75) is 63.1 Å². The van der Waals surface area contributed by atoms with Crippen LogP contribution in [0.15, 0.2) is 46.1 Å². The number of β-lactam (4-membered cyclic amide) rings is 1. The fraction of sp³-hybridized carbons (Fsp3) is 0.415. The molecule has 0 radical (unpaired) electrons. The topological polar surface area (TPSA) is 315 Å². The monoisotopic (exact) mass is 993 g/mol. The molecule has 2 aromatic carbocycles. The van der Waals surface area contributed by atoms with Gasteiger partial charge in [-0.1, -0.05) is 28.4 Å². The zero-order valence-corrected chi connectivity index (χ0v) is 38.8. The van der Waals surface area contributed by atoms with E-state index in [2.05, 4.69) is 20.8 Å². The molecule has 2 saturated heterocycles. The number of aliphatic carboxylic acids is 2. The Hall–Kier alpha value is -6.01. The molecule has 3 aliphatic heterocycles. The summed E-state index contributed by atoms with van der Waals surface area (Å²) in [6.07, 6.45) is 1.76. The van der Waals surface area contributed by atoms with Gasteiger partial charge in [-0.15, -0.1) is 23.1 Å². The first-order valence-electron chi connectivity index (χ1n) is 20.3. The number of halogens is 2. The predicted molar refractivity (Wildman–Crippen MR) is 242 cm³/mol. The zero-order chi connectivity index (χ0) is 48.4. The molecule has 3 atom stereocenters. The normalized spacial score (nSPS) is 18.5. The van der Waals surface area contributed by atoms with Crippen LogP contribution in [-0.4, -0.2) is 159 Å². The molecule has 0 bridgehead atoms.